The number of hydrogen-bond acceptors (Lipinski definition) is 2. The van der Waals surface area contributed by atoms with Gasteiger partial charge in [-0.05, 0) is 18.4 Å². The molecule has 0 bridgehead atoms. The summed E-state index contributed by atoms with van der Waals surface area (Å²) in [6, 6.07) is 1.73. The minimum absolute atomic E-state index is 0.201. The molecule has 0 aliphatic heterocycles. The Morgan fingerprint density at radius 3 is 2.87 bits per heavy atom. The second-order valence-corrected chi connectivity index (χ2v) is 4.22. The molecule has 0 N–H and O–H groups in total. The molecule has 1 atom stereocenters. The Kier molecular flexibility index (Phi) is 5.16. The van der Waals surface area contributed by atoms with Gasteiger partial charge in [0.2, 0.25) is 0 Å². The highest BCUT2D eigenvalue weighted by molar-refractivity contribution is 5.95. The molecular formula is C13H20O2. The summed E-state index contributed by atoms with van der Waals surface area (Å²) in [7, 11) is 0. The summed E-state index contributed by atoms with van der Waals surface area (Å²) in [5.41, 5.74) is 0.707. The van der Waals surface area contributed by atoms with E-state index in [-0.39, 0.29) is 5.78 Å². The molecule has 1 unspecified atom stereocenters. The zero-order valence-corrected chi connectivity index (χ0v) is 9.66. The van der Waals surface area contributed by atoms with E-state index < -0.39 is 0 Å². The molecule has 0 saturated heterocycles. The summed E-state index contributed by atoms with van der Waals surface area (Å²) in [5, 5.41) is 0. The number of ketones is 1. The molecular weight excluding hydrogens is 188 g/mol. The maximum Gasteiger partial charge on any atom is 0.166 e. The minimum atomic E-state index is 0.201. The van der Waals surface area contributed by atoms with Gasteiger partial charge in [0.05, 0.1) is 11.8 Å². The summed E-state index contributed by atoms with van der Waals surface area (Å²) < 4.78 is 4.88. The molecule has 0 amide bonds. The largest absolute Gasteiger partial charge is 0.472 e. The van der Waals surface area contributed by atoms with Crippen LogP contribution in [0.2, 0.25) is 0 Å². The molecule has 0 fully saturated rings. The first kappa shape index (κ1) is 12.0. The SMILES string of the molecule is CCCC(C)CCCC(=O)c1ccoc1. The number of Topliss-reactive ketones (excluding diaryl/α,β-unsaturated/α-hetero) is 1. The summed E-state index contributed by atoms with van der Waals surface area (Å²) in [6.07, 6.45) is 8.36. The van der Waals surface area contributed by atoms with Crippen molar-refractivity contribution in [3.05, 3.63) is 24.2 Å². The van der Waals surface area contributed by atoms with Gasteiger partial charge < -0.3 is 4.42 Å². The van der Waals surface area contributed by atoms with E-state index in [9.17, 15) is 4.79 Å². The van der Waals surface area contributed by atoms with Gasteiger partial charge >= 0.3 is 0 Å². The van der Waals surface area contributed by atoms with Crippen molar-refractivity contribution in [2.75, 3.05) is 0 Å². The van der Waals surface area contributed by atoms with Crippen LogP contribution in [0.3, 0.4) is 0 Å². The third-order valence-corrected chi connectivity index (χ3v) is 2.73. The average Bonchev–Trinajstić information content (AvgIpc) is 2.70. The van der Waals surface area contributed by atoms with Crippen LogP contribution in [0.5, 0.6) is 0 Å². The van der Waals surface area contributed by atoms with E-state index in [2.05, 4.69) is 13.8 Å². The van der Waals surface area contributed by atoms with E-state index in [0.717, 1.165) is 18.8 Å². The van der Waals surface area contributed by atoms with Gasteiger partial charge in [-0.2, -0.15) is 0 Å². The van der Waals surface area contributed by atoms with Crippen molar-refractivity contribution < 1.29 is 9.21 Å². The number of carbonyl (C=O) groups is 1. The second-order valence-electron chi connectivity index (χ2n) is 4.22. The van der Waals surface area contributed by atoms with Crippen molar-refractivity contribution in [1.82, 2.24) is 0 Å². The molecule has 84 valence electrons. The Morgan fingerprint density at radius 2 is 2.27 bits per heavy atom. The Morgan fingerprint density at radius 1 is 1.47 bits per heavy atom. The van der Waals surface area contributed by atoms with E-state index in [1.165, 1.54) is 19.1 Å². The van der Waals surface area contributed by atoms with E-state index >= 15 is 0 Å². The predicted octanol–water partition coefficient (Wildman–Crippen LogP) is 4.07. The molecule has 0 aromatic carbocycles. The highest BCUT2D eigenvalue weighted by atomic mass is 16.3. The first-order valence-electron chi connectivity index (χ1n) is 5.79. The van der Waals surface area contributed by atoms with Gasteiger partial charge in [0.1, 0.15) is 6.26 Å². The molecule has 0 saturated carbocycles. The van der Waals surface area contributed by atoms with Crippen molar-refractivity contribution in [2.24, 2.45) is 5.92 Å². The van der Waals surface area contributed by atoms with Crippen LogP contribution in [-0.4, -0.2) is 5.78 Å². The van der Waals surface area contributed by atoms with Crippen molar-refractivity contribution >= 4 is 5.78 Å². The molecule has 0 aliphatic carbocycles. The van der Waals surface area contributed by atoms with Gasteiger partial charge in [0.15, 0.2) is 5.78 Å². The molecule has 0 spiro atoms. The molecule has 2 heteroatoms. The number of carbonyl (C=O) groups excluding carboxylic acids is 1. The molecule has 0 radical (unpaired) electrons. The van der Waals surface area contributed by atoms with E-state index in [1.807, 2.05) is 0 Å². The molecule has 1 heterocycles. The van der Waals surface area contributed by atoms with Gasteiger partial charge in [0, 0.05) is 6.42 Å². The van der Waals surface area contributed by atoms with Crippen molar-refractivity contribution in [3.8, 4) is 0 Å². The average molecular weight is 208 g/mol. The second kappa shape index (κ2) is 6.44. The van der Waals surface area contributed by atoms with Gasteiger partial charge in [-0.3, -0.25) is 4.79 Å². The fraction of sp³-hybridized carbons (Fsp3) is 0.615. The smallest absolute Gasteiger partial charge is 0.166 e. The molecule has 15 heavy (non-hydrogen) atoms. The minimum Gasteiger partial charge on any atom is -0.472 e. The van der Waals surface area contributed by atoms with Gasteiger partial charge in [-0.25, -0.2) is 0 Å². The van der Waals surface area contributed by atoms with Crippen molar-refractivity contribution in [1.29, 1.82) is 0 Å². The van der Waals surface area contributed by atoms with Gasteiger partial charge in [0.25, 0.3) is 0 Å². The fourth-order valence-electron chi connectivity index (χ4n) is 1.82. The maximum atomic E-state index is 11.6. The first-order chi connectivity index (χ1) is 7.24. The number of rotatable bonds is 7. The van der Waals surface area contributed by atoms with Crippen molar-refractivity contribution in [2.45, 2.75) is 46.0 Å². The topological polar surface area (TPSA) is 30.2 Å². The monoisotopic (exact) mass is 208 g/mol. The van der Waals surface area contributed by atoms with Crippen molar-refractivity contribution in [3.63, 3.8) is 0 Å². The van der Waals surface area contributed by atoms with Crippen LogP contribution in [0.25, 0.3) is 0 Å². The maximum absolute atomic E-state index is 11.6. The quantitative estimate of drug-likeness (QED) is 0.632. The van der Waals surface area contributed by atoms with Crippen LogP contribution in [0.4, 0.5) is 0 Å². The Balaban J connectivity index is 2.18. The van der Waals surface area contributed by atoms with E-state index in [0.29, 0.717) is 12.0 Å². The van der Waals surface area contributed by atoms with Crippen LogP contribution in [0.1, 0.15) is 56.3 Å². The van der Waals surface area contributed by atoms with E-state index in [1.54, 1.807) is 12.3 Å². The summed E-state index contributed by atoms with van der Waals surface area (Å²) in [4.78, 5) is 11.6. The third kappa shape index (κ3) is 4.32. The predicted molar refractivity (Wildman–Crippen MR) is 61.0 cm³/mol. The molecule has 1 rings (SSSR count). The van der Waals surface area contributed by atoms with Gasteiger partial charge in [-0.1, -0.05) is 33.1 Å². The number of hydrogen-bond donors (Lipinski definition) is 0. The van der Waals surface area contributed by atoms with Crippen LogP contribution in [0, 0.1) is 5.92 Å². The summed E-state index contributed by atoms with van der Waals surface area (Å²) in [6.45, 7) is 4.46. The zero-order valence-electron chi connectivity index (χ0n) is 9.66. The van der Waals surface area contributed by atoms with Crippen LogP contribution in [0.15, 0.2) is 23.0 Å². The fourth-order valence-corrected chi connectivity index (χ4v) is 1.82. The summed E-state index contributed by atoms with van der Waals surface area (Å²) >= 11 is 0. The highest BCUT2D eigenvalue weighted by Gasteiger charge is 2.07. The Bertz CT molecular complexity index is 275. The molecule has 2 nitrogen and oxygen atoms in total. The first-order valence-corrected chi connectivity index (χ1v) is 5.79. The molecule has 1 aromatic rings. The Hall–Kier alpha value is -1.05. The van der Waals surface area contributed by atoms with E-state index in [4.69, 9.17) is 4.42 Å². The van der Waals surface area contributed by atoms with Gasteiger partial charge in [-0.15, -0.1) is 0 Å². The molecule has 1 aromatic heterocycles. The summed E-state index contributed by atoms with van der Waals surface area (Å²) in [5.74, 6) is 0.944. The standard InChI is InChI=1S/C13H20O2/c1-3-5-11(2)6-4-7-13(14)12-8-9-15-10-12/h8-11H,3-7H2,1-2H3. The van der Waals surface area contributed by atoms with Crippen LogP contribution >= 0.6 is 0 Å². The third-order valence-electron chi connectivity index (χ3n) is 2.73. The molecule has 0 aliphatic rings. The number of furan rings is 1. The lowest BCUT2D eigenvalue weighted by atomic mass is 9.97. The lowest BCUT2D eigenvalue weighted by Gasteiger charge is -2.08. The normalized spacial score (nSPS) is 12.7. The Labute approximate surface area is 91.7 Å². The lowest BCUT2D eigenvalue weighted by Crippen LogP contribution is -2.00. The highest BCUT2D eigenvalue weighted by Crippen LogP contribution is 2.15. The lowest BCUT2D eigenvalue weighted by molar-refractivity contribution is 0.0977. The van der Waals surface area contributed by atoms with Crippen LogP contribution < -0.4 is 0 Å². The van der Waals surface area contributed by atoms with Crippen LogP contribution in [-0.2, 0) is 0 Å². The zero-order chi connectivity index (χ0) is 11.1.